The second-order valence-electron chi connectivity index (χ2n) is 5.56. The maximum atomic E-state index is 12.5. The largest absolute Gasteiger partial charge is 0.383 e. The van der Waals surface area contributed by atoms with Crippen LogP contribution >= 0.6 is 11.6 Å². The first-order valence-electron chi connectivity index (χ1n) is 7.40. The van der Waals surface area contributed by atoms with Crippen molar-refractivity contribution < 1.29 is 14.5 Å². The minimum absolute atomic E-state index is 0.0202. The molecule has 0 aliphatic carbocycles. The van der Waals surface area contributed by atoms with Gasteiger partial charge < -0.3 is 9.64 Å². The summed E-state index contributed by atoms with van der Waals surface area (Å²) in [6.07, 6.45) is 0. The summed E-state index contributed by atoms with van der Waals surface area (Å²) in [7, 11) is 1.68. The number of hydrogen-bond acceptors (Lipinski definition) is 5. The second kappa shape index (κ2) is 7.72. The molecule has 0 bridgehead atoms. The minimum Gasteiger partial charge on any atom is -0.383 e. The van der Waals surface area contributed by atoms with E-state index in [9.17, 15) is 14.9 Å². The van der Waals surface area contributed by atoms with Gasteiger partial charge in [-0.2, -0.15) is 0 Å². The van der Waals surface area contributed by atoms with E-state index in [0.29, 0.717) is 31.3 Å². The predicted molar refractivity (Wildman–Crippen MR) is 86.9 cm³/mol. The quantitative estimate of drug-likeness (QED) is 0.605. The molecule has 1 saturated heterocycles. The van der Waals surface area contributed by atoms with E-state index < -0.39 is 4.92 Å². The van der Waals surface area contributed by atoms with E-state index in [2.05, 4.69) is 11.8 Å². The lowest BCUT2D eigenvalue weighted by Gasteiger charge is -2.37. The van der Waals surface area contributed by atoms with Gasteiger partial charge in [0.05, 0.1) is 11.5 Å². The van der Waals surface area contributed by atoms with Gasteiger partial charge in [-0.1, -0.05) is 11.6 Å². The Balaban J connectivity index is 2.00. The first-order chi connectivity index (χ1) is 10.9. The van der Waals surface area contributed by atoms with Crippen molar-refractivity contribution in [2.24, 2.45) is 0 Å². The molecule has 1 atom stereocenters. The van der Waals surface area contributed by atoms with Gasteiger partial charge in [0.15, 0.2) is 0 Å². The maximum absolute atomic E-state index is 12.5. The highest BCUT2D eigenvalue weighted by atomic mass is 35.5. The SMILES string of the molecule is COC[C@H](C)N1CCN(C(=O)c2ccc([N+](=O)[O-])c(Cl)c2)CC1. The molecule has 8 heteroatoms. The fraction of sp³-hybridized carbons (Fsp3) is 0.533. The van der Waals surface area contributed by atoms with Crippen molar-refractivity contribution >= 4 is 23.2 Å². The molecule has 1 amide bonds. The third kappa shape index (κ3) is 4.19. The zero-order chi connectivity index (χ0) is 17.0. The zero-order valence-corrected chi connectivity index (χ0v) is 14.0. The minimum atomic E-state index is -0.563. The molecule has 1 fully saturated rings. The Kier molecular flexibility index (Phi) is 5.92. The monoisotopic (exact) mass is 341 g/mol. The Morgan fingerprint density at radius 3 is 2.57 bits per heavy atom. The lowest BCUT2D eigenvalue weighted by molar-refractivity contribution is -0.384. The second-order valence-corrected chi connectivity index (χ2v) is 5.96. The molecule has 1 aromatic carbocycles. The Hall–Kier alpha value is -1.70. The number of nitro benzene ring substituents is 1. The number of piperazine rings is 1. The molecule has 1 aromatic rings. The molecule has 0 radical (unpaired) electrons. The maximum Gasteiger partial charge on any atom is 0.287 e. The number of ether oxygens (including phenoxy) is 1. The number of rotatable bonds is 5. The summed E-state index contributed by atoms with van der Waals surface area (Å²) in [6, 6.07) is 4.40. The van der Waals surface area contributed by atoms with Crippen molar-refractivity contribution in [1.82, 2.24) is 9.80 Å². The topological polar surface area (TPSA) is 75.9 Å². The number of hydrogen-bond donors (Lipinski definition) is 0. The van der Waals surface area contributed by atoms with Crippen molar-refractivity contribution in [3.8, 4) is 0 Å². The molecule has 1 aliphatic rings. The highest BCUT2D eigenvalue weighted by Gasteiger charge is 2.25. The Morgan fingerprint density at radius 1 is 1.39 bits per heavy atom. The van der Waals surface area contributed by atoms with Gasteiger partial charge in [0.1, 0.15) is 5.02 Å². The summed E-state index contributed by atoms with van der Waals surface area (Å²) in [6.45, 7) is 5.53. The van der Waals surface area contributed by atoms with Crippen LogP contribution in [0.2, 0.25) is 5.02 Å². The van der Waals surface area contributed by atoms with Gasteiger partial charge in [-0.25, -0.2) is 0 Å². The molecule has 1 aliphatic heterocycles. The van der Waals surface area contributed by atoms with Crippen LogP contribution in [0.5, 0.6) is 0 Å². The van der Waals surface area contributed by atoms with Crippen molar-refractivity contribution in [3.63, 3.8) is 0 Å². The highest BCUT2D eigenvalue weighted by Crippen LogP contribution is 2.25. The number of carbonyl (C=O) groups is 1. The summed E-state index contributed by atoms with van der Waals surface area (Å²) >= 11 is 5.87. The van der Waals surface area contributed by atoms with Crippen LogP contribution in [0, 0.1) is 10.1 Å². The van der Waals surface area contributed by atoms with Crippen LogP contribution in [0.1, 0.15) is 17.3 Å². The first kappa shape index (κ1) is 17.7. The molecule has 0 unspecified atom stereocenters. The lowest BCUT2D eigenvalue weighted by atomic mass is 10.1. The van der Waals surface area contributed by atoms with Crippen molar-refractivity contribution in [3.05, 3.63) is 38.9 Å². The molecule has 1 heterocycles. The molecular weight excluding hydrogens is 322 g/mol. The Morgan fingerprint density at radius 2 is 2.04 bits per heavy atom. The van der Waals surface area contributed by atoms with Crippen LogP contribution in [0.4, 0.5) is 5.69 Å². The van der Waals surface area contributed by atoms with Gasteiger partial charge in [0.25, 0.3) is 11.6 Å². The van der Waals surface area contributed by atoms with E-state index in [1.165, 1.54) is 18.2 Å². The number of benzene rings is 1. The fourth-order valence-electron chi connectivity index (χ4n) is 2.68. The number of methoxy groups -OCH3 is 1. The normalized spacial score (nSPS) is 17.1. The van der Waals surface area contributed by atoms with Crippen LogP contribution in [0.3, 0.4) is 0 Å². The van der Waals surface area contributed by atoms with E-state index in [4.69, 9.17) is 16.3 Å². The molecule has 0 saturated carbocycles. The summed E-state index contributed by atoms with van der Waals surface area (Å²) in [5.41, 5.74) is 0.181. The standard InChI is InChI=1S/C15H20ClN3O4/c1-11(10-23-2)17-5-7-18(8-6-17)15(20)12-3-4-14(19(21)22)13(16)9-12/h3-4,9,11H,5-8,10H2,1-2H3/t11-/m0/s1. The van der Waals surface area contributed by atoms with Crippen LogP contribution in [-0.2, 0) is 4.74 Å². The first-order valence-corrected chi connectivity index (χ1v) is 7.78. The average molecular weight is 342 g/mol. The fourth-order valence-corrected chi connectivity index (χ4v) is 2.93. The highest BCUT2D eigenvalue weighted by molar-refractivity contribution is 6.33. The summed E-state index contributed by atoms with van der Waals surface area (Å²) in [4.78, 5) is 26.7. The zero-order valence-electron chi connectivity index (χ0n) is 13.2. The van der Waals surface area contributed by atoms with Gasteiger partial charge in [0, 0.05) is 51.0 Å². The van der Waals surface area contributed by atoms with E-state index in [1.54, 1.807) is 12.0 Å². The van der Waals surface area contributed by atoms with Crippen molar-refractivity contribution in [1.29, 1.82) is 0 Å². The predicted octanol–water partition coefficient (Wildman–Crippen LogP) is 2.04. The number of halogens is 1. The molecule has 0 N–H and O–H groups in total. The molecule has 2 rings (SSSR count). The van der Waals surface area contributed by atoms with Crippen molar-refractivity contribution in [2.45, 2.75) is 13.0 Å². The third-order valence-electron chi connectivity index (χ3n) is 4.02. The van der Waals surface area contributed by atoms with E-state index in [1.807, 2.05) is 0 Å². The number of nitro groups is 1. The van der Waals surface area contributed by atoms with E-state index in [-0.39, 0.29) is 16.6 Å². The summed E-state index contributed by atoms with van der Waals surface area (Å²) in [5.74, 6) is -0.152. The molecule has 23 heavy (non-hydrogen) atoms. The molecule has 7 nitrogen and oxygen atoms in total. The van der Waals surface area contributed by atoms with Gasteiger partial charge >= 0.3 is 0 Å². The van der Waals surface area contributed by atoms with Gasteiger partial charge in [0.2, 0.25) is 0 Å². The smallest absolute Gasteiger partial charge is 0.287 e. The van der Waals surface area contributed by atoms with Crippen molar-refractivity contribution in [2.75, 3.05) is 39.9 Å². The molecule has 0 aromatic heterocycles. The van der Waals surface area contributed by atoms with Gasteiger partial charge in [-0.05, 0) is 19.1 Å². The van der Waals surface area contributed by atoms with Crippen LogP contribution < -0.4 is 0 Å². The van der Waals surface area contributed by atoms with E-state index in [0.717, 1.165) is 13.1 Å². The van der Waals surface area contributed by atoms with Gasteiger partial charge in [-0.15, -0.1) is 0 Å². The van der Waals surface area contributed by atoms with Gasteiger partial charge in [-0.3, -0.25) is 19.8 Å². The summed E-state index contributed by atoms with van der Waals surface area (Å²) < 4.78 is 5.15. The van der Waals surface area contributed by atoms with Crippen LogP contribution in [-0.4, -0.2) is 66.6 Å². The molecule has 126 valence electrons. The third-order valence-corrected chi connectivity index (χ3v) is 4.33. The molecular formula is C15H20ClN3O4. The van der Waals surface area contributed by atoms with E-state index >= 15 is 0 Å². The average Bonchev–Trinajstić information content (AvgIpc) is 2.54. The Bertz CT molecular complexity index is 588. The number of amides is 1. The lowest BCUT2D eigenvalue weighted by Crippen LogP contribution is -2.52. The summed E-state index contributed by atoms with van der Waals surface area (Å²) in [5, 5.41) is 10.7. The van der Waals surface area contributed by atoms with Crippen LogP contribution in [0.25, 0.3) is 0 Å². The Labute approximate surface area is 139 Å². The molecule has 0 spiro atoms. The number of nitrogens with zero attached hydrogens (tertiary/aromatic N) is 3. The van der Waals surface area contributed by atoms with Crippen LogP contribution in [0.15, 0.2) is 18.2 Å². The number of carbonyl (C=O) groups excluding carboxylic acids is 1.